The lowest BCUT2D eigenvalue weighted by Gasteiger charge is -2.25. The Balaban J connectivity index is 1.47. The number of hydrogen-bond acceptors (Lipinski definition) is 8. The molecule has 10 nitrogen and oxygen atoms in total. The Labute approximate surface area is 282 Å². The molecule has 0 aliphatic carbocycles. The van der Waals surface area contributed by atoms with Gasteiger partial charge in [-0.1, -0.05) is 43.6 Å². The SMILES string of the molecule is CC(C)CN(C)c1cc(NC(=O)OC(C)(C)C)c(NC(=O)CC(=O)c2cccc(-c3ccnc(COC4CCCCO4)c3)c2)cc1Cl. The van der Waals surface area contributed by atoms with Crippen LogP contribution in [-0.4, -0.2) is 54.9 Å². The number of nitrogens with one attached hydrogen (secondary N) is 2. The lowest BCUT2D eigenvalue weighted by atomic mass is 10.00. The molecule has 0 saturated carbocycles. The maximum Gasteiger partial charge on any atom is 0.412 e. The van der Waals surface area contributed by atoms with Crippen LogP contribution in [0.25, 0.3) is 11.1 Å². The van der Waals surface area contributed by atoms with E-state index in [2.05, 4.69) is 29.5 Å². The topological polar surface area (TPSA) is 119 Å². The van der Waals surface area contributed by atoms with Crippen LogP contribution in [0.3, 0.4) is 0 Å². The number of ketones is 1. The van der Waals surface area contributed by atoms with Crippen LogP contribution >= 0.6 is 11.6 Å². The summed E-state index contributed by atoms with van der Waals surface area (Å²) >= 11 is 6.63. The van der Waals surface area contributed by atoms with Gasteiger partial charge in [0.1, 0.15) is 5.60 Å². The lowest BCUT2D eigenvalue weighted by Crippen LogP contribution is -2.28. The highest BCUT2D eigenvalue weighted by Crippen LogP contribution is 2.36. The summed E-state index contributed by atoms with van der Waals surface area (Å²) in [5, 5.41) is 5.86. The van der Waals surface area contributed by atoms with Gasteiger partial charge in [0.2, 0.25) is 5.91 Å². The van der Waals surface area contributed by atoms with Gasteiger partial charge in [-0.25, -0.2) is 4.79 Å². The molecular weight excluding hydrogens is 620 g/mol. The molecule has 0 radical (unpaired) electrons. The summed E-state index contributed by atoms with van der Waals surface area (Å²) in [4.78, 5) is 45.5. The number of ether oxygens (including phenoxy) is 3. The van der Waals surface area contributed by atoms with Crippen LogP contribution in [0.2, 0.25) is 5.02 Å². The minimum absolute atomic E-state index is 0.217. The van der Waals surface area contributed by atoms with E-state index in [4.69, 9.17) is 25.8 Å². The number of hydrogen-bond donors (Lipinski definition) is 2. The molecule has 0 bridgehead atoms. The summed E-state index contributed by atoms with van der Waals surface area (Å²) in [6, 6.07) is 14.1. The molecule has 47 heavy (non-hydrogen) atoms. The zero-order chi connectivity index (χ0) is 34.1. The fourth-order valence-corrected chi connectivity index (χ4v) is 5.50. The first kappa shape index (κ1) is 35.9. The van der Waals surface area contributed by atoms with Crippen LogP contribution < -0.4 is 15.5 Å². The molecule has 3 aromatic rings. The number of rotatable bonds is 12. The summed E-state index contributed by atoms with van der Waals surface area (Å²) < 4.78 is 17.0. The van der Waals surface area contributed by atoms with Crippen molar-refractivity contribution in [2.45, 2.75) is 78.8 Å². The van der Waals surface area contributed by atoms with Gasteiger partial charge in [-0.05, 0) is 87.4 Å². The number of aromatic nitrogens is 1. The third-order valence-corrected chi connectivity index (χ3v) is 7.56. The molecule has 0 spiro atoms. The highest BCUT2D eigenvalue weighted by atomic mass is 35.5. The average molecular weight is 665 g/mol. The number of pyridine rings is 1. The quantitative estimate of drug-likeness (QED) is 0.147. The van der Waals surface area contributed by atoms with Crippen molar-refractivity contribution >= 4 is 46.4 Å². The number of Topliss-reactive ketones (excluding diaryl/α,β-unsaturated/α-hetero) is 1. The summed E-state index contributed by atoms with van der Waals surface area (Å²) in [6.07, 6.45) is 3.38. The van der Waals surface area contributed by atoms with Gasteiger partial charge in [0.25, 0.3) is 0 Å². The first-order valence-electron chi connectivity index (χ1n) is 15.9. The van der Waals surface area contributed by atoms with Crippen molar-refractivity contribution in [3.8, 4) is 11.1 Å². The first-order chi connectivity index (χ1) is 22.3. The average Bonchev–Trinajstić information content (AvgIpc) is 3.00. The van der Waals surface area contributed by atoms with Gasteiger partial charge in [-0.15, -0.1) is 0 Å². The molecule has 1 aliphatic heterocycles. The Kier molecular flexibility index (Phi) is 12.4. The Bertz CT molecular complexity index is 1570. The molecule has 252 valence electrons. The Morgan fingerprint density at radius 3 is 2.49 bits per heavy atom. The largest absolute Gasteiger partial charge is 0.444 e. The number of carbonyl (C=O) groups is 3. The molecule has 2 heterocycles. The summed E-state index contributed by atoms with van der Waals surface area (Å²) in [5.74, 6) is -0.559. The van der Waals surface area contributed by atoms with E-state index in [-0.39, 0.29) is 17.8 Å². The van der Waals surface area contributed by atoms with Gasteiger partial charge >= 0.3 is 6.09 Å². The summed E-state index contributed by atoms with van der Waals surface area (Å²) in [6.45, 7) is 11.2. The molecular formula is C36H45ClN4O6. The third-order valence-electron chi connectivity index (χ3n) is 7.26. The van der Waals surface area contributed by atoms with E-state index < -0.39 is 24.0 Å². The van der Waals surface area contributed by atoms with Crippen molar-refractivity contribution in [3.05, 3.63) is 71.0 Å². The Hall–Kier alpha value is -3.99. The predicted molar refractivity (Wildman–Crippen MR) is 185 cm³/mol. The monoisotopic (exact) mass is 664 g/mol. The van der Waals surface area contributed by atoms with Crippen molar-refractivity contribution < 1.29 is 28.6 Å². The second-order valence-corrected chi connectivity index (χ2v) is 13.5. The summed E-state index contributed by atoms with van der Waals surface area (Å²) in [7, 11) is 1.90. The number of amides is 2. The summed E-state index contributed by atoms with van der Waals surface area (Å²) in [5.41, 5.74) is 3.31. The van der Waals surface area contributed by atoms with E-state index in [1.165, 1.54) is 0 Å². The normalized spacial score (nSPS) is 14.9. The molecule has 1 aromatic heterocycles. The zero-order valence-electron chi connectivity index (χ0n) is 28.0. The minimum atomic E-state index is -0.729. The van der Waals surface area contributed by atoms with Gasteiger partial charge in [-0.2, -0.15) is 0 Å². The van der Waals surface area contributed by atoms with E-state index in [0.717, 1.165) is 42.6 Å². The molecule has 1 atom stereocenters. The Morgan fingerprint density at radius 1 is 1.04 bits per heavy atom. The molecule has 2 amide bonds. The molecule has 2 aromatic carbocycles. The Morgan fingerprint density at radius 2 is 1.79 bits per heavy atom. The molecule has 1 fully saturated rings. The van der Waals surface area contributed by atoms with Crippen LogP contribution in [0.15, 0.2) is 54.7 Å². The van der Waals surface area contributed by atoms with Crippen molar-refractivity contribution in [2.24, 2.45) is 5.92 Å². The predicted octanol–water partition coefficient (Wildman–Crippen LogP) is 8.10. The van der Waals surface area contributed by atoms with Gasteiger partial charge in [0, 0.05) is 32.0 Å². The van der Waals surface area contributed by atoms with Gasteiger partial charge < -0.3 is 24.4 Å². The third kappa shape index (κ3) is 11.1. The number of carbonyl (C=O) groups excluding carboxylic acids is 3. The van der Waals surface area contributed by atoms with Gasteiger partial charge in [-0.3, -0.25) is 19.9 Å². The van der Waals surface area contributed by atoms with E-state index in [0.29, 0.717) is 41.1 Å². The number of anilines is 3. The number of halogens is 1. The lowest BCUT2D eigenvalue weighted by molar-refractivity contribution is -0.169. The minimum Gasteiger partial charge on any atom is -0.444 e. The molecule has 4 rings (SSSR count). The molecule has 1 aliphatic rings. The van der Waals surface area contributed by atoms with E-state index in [9.17, 15) is 14.4 Å². The maximum absolute atomic E-state index is 13.3. The molecule has 11 heteroatoms. The second kappa shape index (κ2) is 16.2. The maximum atomic E-state index is 13.3. The molecule has 2 N–H and O–H groups in total. The zero-order valence-corrected chi connectivity index (χ0v) is 28.8. The first-order valence-corrected chi connectivity index (χ1v) is 16.3. The fourth-order valence-electron chi connectivity index (χ4n) is 5.19. The van der Waals surface area contributed by atoms with E-state index in [1.54, 1.807) is 57.3 Å². The van der Waals surface area contributed by atoms with Crippen LogP contribution in [0.4, 0.5) is 21.9 Å². The molecule has 1 unspecified atom stereocenters. The van der Waals surface area contributed by atoms with Crippen molar-refractivity contribution in [2.75, 3.05) is 35.7 Å². The van der Waals surface area contributed by atoms with Crippen molar-refractivity contribution in [1.82, 2.24) is 4.98 Å². The van der Waals surface area contributed by atoms with Crippen LogP contribution in [0.1, 0.15) is 76.4 Å². The van der Waals surface area contributed by atoms with Crippen LogP contribution in [0.5, 0.6) is 0 Å². The fraction of sp³-hybridized carbons (Fsp3) is 0.444. The highest BCUT2D eigenvalue weighted by Gasteiger charge is 2.22. The highest BCUT2D eigenvalue weighted by molar-refractivity contribution is 6.34. The van der Waals surface area contributed by atoms with Gasteiger partial charge in [0.05, 0.1) is 40.8 Å². The molecule has 1 saturated heterocycles. The van der Waals surface area contributed by atoms with Crippen LogP contribution in [0, 0.1) is 5.92 Å². The second-order valence-electron chi connectivity index (χ2n) is 13.1. The van der Waals surface area contributed by atoms with Gasteiger partial charge in [0.15, 0.2) is 12.1 Å². The van der Waals surface area contributed by atoms with E-state index in [1.807, 2.05) is 30.1 Å². The van der Waals surface area contributed by atoms with E-state index >= 15 is 0 Å². The number of nitrogens with zero attached hydrogens (tertiary/aromatic N) is 2. The smallest absolute Gasteiger partial charge is 0.412 e. The standard InChI is InChI=1S/C36H45ClN4O6/c1-23(2)21-41(6)31-19-30(40-35(44)47-36(3,4)5)29(18-28(31)37)39-33(43)20-32(42)26-11-9-10-24(16-26)25-13-14-38-27(17-25)22-46-34-12-7-8-15-45-34/h9-11,13-14,16-19,23,34H,7-8,12,15,20-22H2,1-6H3,(H,39,43)(H,40,44). The van der Waals surface area contributed by atoms with Crippen molar-refractivity contribution in [1.29, 1.82) is 0 Å². The number of benzene rings is 2. The van der Waals surface area contributed by atoms with Crippen molar-refractivity contribution in [3.63, 3.8) is 0 Å². The van der Waals surface area contributed by atoms with Crippen LogP contribution in [-0.2, 0) is 25.6 Å².